The summed E-state index contributed by atoms with van der Waals surface area (Å²) in [7, 11) is 1.58. The summed E-state index contributed by atoms with van der Waals surface area (Å²) in [4.78, 5) is 29.6. The SMILES string of the molecule is COc1ccc(CC2(C(=O)O)CC2)cc1CNC(=O)c1sc(-c2ccc(C)cc2)nc1C. The van der Waals surface area contributed by atoms with Crippen molar-refractivity contribution in [3.8, 4) is 16.3 Å². The van der Waals surface area contributed by atoms with Gasteiger partial charge < -0.3 is 15.2 Å². The maximum Gasteiger partial charge on any atom is 0.309 e. The number of methoxy groups -OCH3 is 1. The molecule has 2 N–H and O–H groups in total. The molecule has 166 valence electrons. The highest BCUT2D eigenvalue weighted by Gasteiger charge is 2.49. The van der Waals surface area contributed by atoms with Crippen LogP contribution in [-0.4, -0.2) is 29.1 Å². The zero-order valence-electron chi connectivity index (χ0n) is 18.4. The van der Waals surface area contributed by atoms with Gasteiger partial charge in [-0.25, -0.2) is 4.98 Å². The van der Waals surface area contributed by atoms with Crippen molar-refractivity contribution in [3.63, 3.8) is 0 Å². The monoisotopic (exact) mass is 450 g/mol. The third-order valence-electron chi connectivity index (χ3n) is 5.94. The van der Waals surface area contributed by atoms with Crippen LogP contribution in [0.15, 0.2) is 42.5 Å². The van der Waals surface area contributed by atoms with Gasteiger partial charge in [-0.05, 0) is 44.7 Å². The Morgan fingerprint density at radius 1 is 1.16 bits per heavy atom. The highest BCUT2D eigenvalue weighted by molar-refractivity contribution is 7.17. The first-order valence-corrected chi connectivity index (χ1v) is 11.3. The minimum atomic E-state index is -0.742. The molecule has 0 spiro atoms. The Balaban J connectivity index is 1.48. The Labute approximate surface area is 191 Å². The van der Waals surface area contributed by atoms with Crippen LogP contribution in [0.4, 0.5) is 0 Å². The molecule has 6 nitrogen and oxygen atoms in total. The lowest BCUT2D eigenvalue weighted by atomic mass is 9.95. The van der Waals surface area contributed by atoms with Crippen LogP contribution in [0, 0.1) is 19.3 Å². The van der Waals surface area contributed by atoms with Gasteiger partial charge in [-0.3, -0.25) is 9.59 Å². The normalized spacial score (nSPS) is 14.1. The molecule has 32 heavy (non-hydrogen) atoms. The first-order chi connectivity index (χ1) is 15.3. The maximum atomic E-state index is 12.9. The predicted octanol–water partition coefficient (Wildman–Crippen LogP) is 4.77. The molecule has 1 fully saturated rings. The number of nitrogens with one attached hydrogen (secondary N) is 1. The van der Waals surface area contributed by atoms with Crippen molar-refractivity contribution in [1.82, 2.24) is 10.3 Å². The Bertz CT molecular complexity index is 1160. The second-order valence-electron chi connectivity index (χ2n) is 8.39. The fraction of sp³-hybridized carbons (Fsp3) is 0.320. The van der Waals surface area contributed by atoms with Crippen molar-refractivity contribution in [1.29, 1.82) is 0 Å². The summed E-state index contributed by atoms with van der Waals surface area (Å²) >= 11 is 1.37. The van der Waals surface area contributed by atoms with Crippen LogP contribution in [0.2, 0.25) is 0 Å². The minimum absolute atomic E-state index is 0.185. The molecule has 0 radical (unpaired) electrons. The number of thiazole rings is 1. The third kappa shape index (κ3) is 4.53. The number of aliphatic carboxylic acids is 1. The molecule has 0 unspecified atom stereocenters. The van der Waals surface area contributed by atoms with E-state index < -0.39 is 11.4 Å². The minimum Gasteiger partial charge on any atom is -0.496 e. The van der Waals surface area contributed by atoms with Gasteiger partial charge in [0.05, 0.1) is 18.2 Å². The average molecular weight is 451 g/mol. The molecule has 1 amide bonds. The number of amides is 1. The second kappa shape index (κ2) is 8.74. The van der Waals surface area contributed by atoms with Gasteiger partial charge in [-0.15, -0.1) is 11.3 Å². The lowest BCUT2D eigenvalue weighted by Crippen LogP contribution is -2.23. The maximum absolute atomic E-state index is 12.9. The lowest BCUT2D eigenvalue weighted by Gasteiger charge is -2.14. The number of nitrogens with zero attached hydrogens (tertiary/aromatic N) is 1. The van der Waals surface area contributed by atoms with Crippen molar-refractivity contribution in [2.45, 2.75) is 39.7 Å². The Kier molecular flexibility index (Phi) is 6.02. The van der Waals surface area contributed by atoms with E-state index in [0.29, 0.717) is 35.6 Å². The molecular weight excluding hydrogens is 424 g/mol. The summed E-state index contributed by atoms with van der Waals surface area (Å²) in [6.07, 6.45) is 1.89. The second-order valence-corrected chi connectivity index (χ2v) is 9.39. The van der Waals surface area contributed by atoms with Crippen LogP contribution < -0.4 is 10.1 Å². The molecule has 1 saturated carbocycles. The van der Waals surface area contributed by atoms with Crippen LogP contribution in [0.1, 0.15) is 44.9 Å². The van der Waals surface area contributed by atoms with Gasteiger partial charge in [0.15, 0.2) is 0 Å². The first kappa shape index (κ1) is 22.0. The summed E-state index contributed by atoms with van der Waals surface area (Å²) in [6, 6.07) is 13.7. The number of carboxylic acid groups (broad SMARTS) is 1. The molecule has 7 heteroatoms. The molecular formula is C25H26N2O4S. The summed E-state index contributed by atoms with van der Waals surface area (Å²) < 4.78 is 5.45. The Hall–Kier alpha value is -3.19. The van der Waals surface area contributed by atoms with Crippen molar-refractivity contribution >= 4 is 23.2 Å². The molecule has 1 aliphatic carbocycles. The van der Waals surface area contributed by atoms with Crippen molar-refractivity contribution in [2.24, 2.45) is 5.41 Å². The van der Waals surface area contributed by atoms with Gasteiger partial charge in [0.1, 0.15) is 15.6 Å². The number of hydrogen-bond donors (Lipinski definition) is 2. The van der Waals surface area contributed by atoms with Gasteiger partial charge in [0.2, 0.25) is 0 Å². The Morgan fingerprint density at radius 3 is 2.50 bits per heavy atom. The van der Waals surface area contributed by atoms with E-state index in [4.69, 9.17) is 4.74 Å². The Morgan fingerprint density at radius 2 is 1.88 bits per heavy atom. The van der Waals surface area contributed by atoms with Crippen molar-refractivity contribution in [2.75, 3.05) is 7.11 Å². The molecule has 0 bridgehead atoms. The molecule has 0 aliphatic heterocycles. The third-order valence-corrected chi connectivity index (χ3v) is 7.14. The topological polar surface area (TPSA) is 88.5 Å². The average Bonchev–Trinajstić information content (AvgIpc) is 3.46. The van der Waals surface area contributed by atoms with Gasteiger partial charge in [-0.1, -0.05) is 42.0 Å². The van der Waals surface area contributed by atoms with Crippen LogP contribution >= 0.6 is 11.3 Å². The number of rotatable bonds is 8. The zero-order valence-corrected chi connectivity index (χ0v) is 19.2. The van der Waals surface area contributed by atoms with E-state index in [2.05, 4.69) is 10.3 Å². The van der Waals surface area contributed by atoms with E-state index in [-0.39, 0.29) is 12.5 Å². The lowest BCUT2D eigenvalue weighted by molar-refractivity contribution is -0.143. The van der Waals surface area contributed by atoms with E-state index in [9.17, 15) is 14.7 Å². The number of benzene rings is 2. The van der Waals surface area contributed by atoms with Gasteiger partial charge >= 0.3 is 5.97 Å². The van der Waals surface area contributed by atoms with E-state index in [1.54, 1.807) is 7.11 Å². The van der Waals surface area contributed by atoms with Crippen LogP contribution in [0.5, 0.6) is 5.75 Å². The number of aryl methyl sites for hydroxylation is 2. The van der Waals surface area contributed by atoms with E-state index >= 15 is 0 Å². The summed E-state index contributed by atoms with van der Waals surface area (Å²) in [5.74, 6) is -0.265. The molecule has 1 aliphatic rings. The molecule has 3 aromatic rings. The summed E-state index contributed by atoms with van der Waals surface area (Å²) in [6.45, 7) is 4.16. The molecule has 2 aromatic carbocycles. The fourth-order valence-electron chi connectivity index (χ4n) is 3.77. The zero-order chi connectivity index (χ0) is 22.9. The van der Waals surface area contributed by atoms with E-state index in [1.165, 1.54) is 16.9 Å². The van der Waals surface area contributed by atoms with Crippen LogP contribution in [-0.2, 0) is 17.8 Å². The number of aromatic nitrogens is 1. The largest absolute Gasteiger partial charge is 0.496 e. The highest BCUT2D eigenvalue weighted by Crippen LogP contribution is 2.48. The molecule has 0 saturated heterocycles. The fourth-order valence-corrected chi connectivity index (χ4v) is 4.76. The highest BCUT2D eigenvalue weighted by atomic mass is 32.1. The molecule has 1 heterocycles. The number of hydrogen-bond acceptors (Lipinski definition) is 5. The quantitative estimate of drug-likeness (QED) is 0.516. The van der Waals surface area contributed by atoms with Crippen molar-refractivity contribution in [3.05, 3.63) is 69.7 Å². The van der Waals surface area contributed by atoms with Crippen molar-refractivity contribution < 1.29 is 19.4 Å². The van der Waals surface area contributed by atoms with E-state index in [0.717, 1.165) is 21.7 Å². The standard InChI is InChI=1S/C25H26N2O4S/c1-15-4-7-18(8-5-15)23-27-16(2)21(32-23)22(28)26-14-19-12-17(6-9-20(19)31-3)13-25(10-11-25)24(29)30/h4-9,12H,10-11,13-14H2,1-3H3,(H,26,28)(H,29,30). The van der Waals surface area contributed by atoms with Gasteiger partial charge in [-0.2, -0.15) is 0 Å². The van der Waals surface area contributed by atoms with Gasteiger partial charge in [0.25, 0.3) is 5.91 Å². The number of ether oxygens (including phenoxy) is 1. The van der Waals surface area contributed by atoms with Gasteiger partial charge in [0, 0.05) is 17.7 Å². The number of carbonyl (C=O) groups is 2. The predicted molar refractivity (Wildman–Crippen MR) is 124 cm³/mol. The number of carboxylic acids is 1. The van der Waals surface area contributed by atoms with Crippen LogP contribution in [0.25, 0.3) is 10.6 Å². The first-order valence-electron chi connectivity index (χ1n) is 10.5. The van der Waals surface area contributed by atoms with E-state index in [1.807, 2.05) is 56.3 Å². The summed E-state index contributed by atoms with van der Waals surface area (Å²) in [5.41, 5.74) is 3.98. The number of carbonyl (C=O) groups excluding carboxylic acids is 1. The molecule has 4 rings (SSSR count). The molecule has 1 aromatic heterocycles. The smallest absolute Gasteiger partial charge is 0.309 e. The molecule has 0 atom stereocenters. The van der Waals surface area contributed by atoms with Crippen LogP contribution in [0.3, 0.4) is 0 Å². The summed E-state index contributed by atoms with van der Waals surface area (Å²) in [5, 5.41) is 13.3.